The second kappa shape index (κ2) is 7.23. The van der Waals surface area contributed by atoms with E-state index < -0.39 is 0 Å². The number of halogens is 1. The molecule has 0 fully saturated rings. The molecule has 0 saturated carbocycles. The van der Waals surface area contributed by atoms with Crippen LogP contribution in [0.3, 0.4) is 0 Å². The molecule has 0 unspecified atom stereocenters. The molecule has 21 heavy (non-hydrogen) atoms. The maximum atomic E-state index is 13.1. The van der Waals surface area contributed by atoms with Gasteiger partial charge in [-0.25, -0.2) is 4.39 Å². The smallest absolute Gasteiger partial charge is 0.123 e. The number of nitrogens with zero attached hydrogens (tertiary/aromatic N) is 1. The molecule has 1 N–H and O–H groups in total. The SMILES string of the molecule is CCNCc1cc(C)ccc1N(CC)c1ccc(F)cc1. The number of hydrogen-bond donors (Lipinski definition) is 1. The van der Waals surface area contributed by atoms with Gasteiger partial charge in [-0.1, -0.05) is 24.6 Å². The lowest BCUT2D eigenvalue weighted by Crippen LogP contribution is -2.20. The van der Waals surface area contributed by atoms with Gasteiger partial charge < -0.3 is 10.2 Å². The number of hydrogen-bond acceptors (Lipinski definition) is 2. The summed E-state index contributed by atoms with van der Waals surface area (Å²) >= 11 is 0. The predicted octanol–water partition coefficient (Wildman–Crippen LogP) is 4.40. The van der Waals surface area contributed by atoms with Crippen molar-refractivity contribution in [1.82, 2.24) is 5.32 Å². The molecule has 0 bridgehead atoms. The summed E-state index contributed by atoms with van der Waals surface area (Å²) in [6, 6.07) is 13.2. The highest BCUT2D eigenvalue weighted by Gasteiger charge is 2.12. The van der Waals surface area contributed by atoms with E-state index in [1.54, 1.807) is 0 Å². The lowest BCUT2D eigenvalue weighted by Gasteiger charge is -2.26. The molecule has 0 heterocycles. The van der Waals surface area contributed by atoms with Crippen LogP contribution in [0.25, 0.3) is 0 Å². The highest BCUT2D eigenvalue weighted by atomic mass is 19.1. The average molecular weight is 286 g/mol. The first-order valence-electron chi connectivity index (χ1n) is 7.49. The van der Waals surface area contributed by atoms with Gasteiger partial charge >= 0.3 is 0 Å². The van der Waals surface area contributed by atoms with E-state index in [4.69, 9.17) is 0 Å². The quantitative estimate of drug-likeness (QED) is 0.846. The molecule has 112 valence electrons. The zero-order chi connectivity index (χ0) is 15.2. The van der Waals surface area contributed by atoms with Gasteiger partial charge in [0.1, 0.15) is 5.82 Å². The van der Waals surface area contributed by atoms with Crippen molar-refractivity contribution in [3.63, 3.8) is 0 Å². The maximum Gasteiger partial charge on any atom is 0.123 e. The number of rotatable bonds is 6. The van der Waals surface area contributed by atoms with E-state index in [1.807, 2.05) is 12.1 Å². The Morgan fingerprint density at radius 1 is 1.05 bits per heavy atom. The Labute approximate surface area is 126 Å². The van der Waals surface area contributed by atoms with Gasteiger partial charge in [0.05, 0.1) is 0 Å². The Hall–Kier alpha value is -1.87. The second-order valence-electron chi connectivity index (χ2n) is 5.13. The van der Waals surface area contributed by atoms with Gasteiger partial charge in [-0.15, -0.1) is 0 Å². The van der Waals surface area contributed by atoms with Crippen molar-refractivity contribution >= 4 is 11.4 Å². The minimum Gasteiger partial charge on any atom is -0.342 e. The van der Waals surface area contributed by atoms with Crippen LogP contribution in [0.5, 0.6) is 0 Å². The Kier molecular flexibility index (Phi) is 5.34. The fourth-order valence-corrected chi connectivity index (χ4v) is 2.49. The van der Waals surface area contributed by atoms with E-state index in [1.165, 1.54) is 28.9 Å². The van der Waals surface area contributed by atoms with Crippen molar-refractivity contribution < 1.29 is 4.39 Å². The predicted molar refractivity (Wildman–Crippen MR) is 87.6 cm³/mol. The van der Waals surface area contributed by atoms with Crippen molar-refractivity contribution in [3.8, 4) is 0 Å². The molecule has 0 atom stereocenters. The minimum absolute atomic E-state index is 0.202. The molecule has 0 aromatic heterocycles. The fraction of sp³-hybridized carbons (Fsp3) is 0.333. The third-order valence-corrected chi connectivity index (χ3v) is 3.55. The van der Waals surface area contributed by atoms with Crippen LogP contribution in [0, 0.1) is 12.7 Å². The van der Waals surface area contributed by atoms with Crippen LogP contribution >= 0.6 is 0 Å². The summed E-state index contributed by atoms with van der Waals surface area (Å²) in [5.74, 6) is -0.202. The first-order chi connectivity index (χ1) is 10.2. The van der Waals surface area contributed by atoms with Crippen molar-refractivity contribution in [2.45, 2.75) is 27.3 Å². The molecule has 3 heteroatoms. The molecule has 2 aromatic carbocycles. The van der Waals surface area contributed by atoms with Gasteiger partial charge in [0.25, 0.3) is 0 Å². The molecule has 0 aliphatic rings. The van der Waals surface area contributed by atoms with Crippen LogP contribution < -0.4 is 10.2 Å². The lowest BCUT2D eigenvalue weighted by molar-refractivity contribution is 0.628. The first kappa shape index (κ1) is 15.5. The monoisotopic (exact) mass is 286 g/mol. The molecule has 0 saturated heterocycles. The largest absolute Gasteiger partial charge is 0.342 e. The Balaban J connectivity index is 2.39. The van der Waals surface area contributed by atoms with E-state index in [-0.39, 0.29) is 5.82 Å². The average Bonchev–Trinajstić information content (AvgIpc) is 2.49. The summed E-state index contributed by atoms with van der Waals surface area (Å²) in [6.07, 6.45) is 0. The lowest BCUT2D eigenvalue weighted by atomic mass is 10.1. The highest BCUT2D eigenvalue weighted by molar-refractivity contribution is 5.66. The van der Waals surface area contributed by atoms with Crippen molar-refractivity contribution in [1.29, 1.82) is 0 Å². The molecule has 2 aromatic rings. The van der Waals surface area contributed by atoms with Crippen LogP contribution in [0.4, 0.5) is 15.8 Å². The Morgan fingerprint density at radius 2 is 1.76 bits per heavy atom. The molecule has 0 aliphatic heterocycles. The summed E-state index contributed by atoms with van der Waals surface area (Å²) in [5.41, 5.74) is 4.71. The van der Waals surface area contributed by atoms with Gasteiger partial charge in [0, 0.05) is 24.5 Å². The number of nitrogens with one attached hydrogen (secondary N) is 1. The fourth-order valence-electron chi connectivity index (χ4n) is 2.49. The van der Waals surface area contributed by atoms with Gasteiger partial charge in [-0.3, -0.25) is 0 Å². The normalized spacial score (nSPS) is 10.7. The molecule has 0 aliphatic carbocycles. The first-order valence-corrected chi connectivity index (χ1v) is 7.49. The molecular weight excluding hydrogens is 263 g/mol. The molecule has 2 nitrogen and oxygen atoms in total. The number of anilines is 2. The van der Waals surface area contributed by atoms with Crippen LogP contribution in [-0.2, 0) is 6.54 Å². The van der Waals surface area contributed by atoms with E-state index in [0.717, 1.165) is 25.3 Å². The summed E-state index contributed by atoms with van der Waals surface area (Å²) in [6.45, 7) is 8.94. The van der Waals surface area contributed by atoms with E-state index in [9.17, 15) is 4.39 Å². The van der Waals surface area contributed by atoms with Gasteiger partial charge in [0.15, 0.2) is 0 Å². The van der Waals surface area contributed by atoms with Crippen molar-refractivity contribution in [3.05, 3.63) is 59.4 Å². The van der Waals surface area contributed by atoms with E-state index in [2.05, 4.69) is 49.2 Å². The van der Waals surface area contributed by atoms with Crippen molar-refractivity contribution in [2.75, 3.05) is 18.0 Å². The highest BCUT2D eigenvalue weighted by Crippen LogP contribution is 2.29. The van der Waals surface area contributed by atoms with Gasteiger partial charge in [-0.2, -0.15) is 0 Å². The van der Waals surface area contributed by atoms with Crippen LogP contribution in [0.2, 0.25) is 0 Å². The standard InChI is InChI=1S/C18H23FN2/c1-4-20-13-15-12-14(3)6-11-18(15)21(5-2)17-9-7-16(19)8-10-17/h6-12,20H,4-5,13H2,1-3H3. The van der Waals surface area contributed by atoms with E-state index >= 15 is 0 Å². The maximum absolute atomic E-state index is 13.1. The summed E-state index contributed by atoms with van der Waals surface area (Å²) in [5, 5.41) is 3.39. The summed E-state index contributed by atoms with van der Waals surface area (Å²) in [4.78, 5) is 2.21. The molecule has 0 amide bonds. The van der Waals surface area contributed by atoms with Crippen LogP contribution in [0.1, 0.15) is 25.0 Å². The van der Waals surface area contributed by atoms with Gasteiger partial charge in [0.2, 0.25) is 0 Å². The van der Waals surface area contributed by atoms with Crippen molar-refractivity contribution in [2.24, 2.45) is 0 Å². The summed E-state index contributed by atoms with van der Waals surface area (Å²) in [7, 11) is 0. The third kappa shape index (κ3) is 3.82. The summed E-state index contributed by atoms with van der Waals surface area (Å²) < 4.78 is 13.1. The zero-order valence-corrected chi connectivity index (χ0v) is 13.0. The van der Waals surface area contributed by atoms with Crippen LogP contribution in [-0.4, -0.2) is 13.1 Å². The van der Waals surface area contributed by atoms with Gasteiger partial charge in [-0.05, 0) is 56.3 Å². The van der Waals surface area contributed by atoms with E-state index in [0.29, 0.717) is 0 Å². The molecule has 0 radical (unpaired) electrons. The molecule has 2 rings (SSSR count). The molecular formula is C18H23FN2. The Morgan fingerprint density at radius 3 is 2.38 bits per heavy atom. The zero-order valence-electron chi connectivity index (χ0n) is 13.0. The minimum atomic E-state index is -0.202. The number of aryl methyl sites for hydroxylation is 1. The number of benzene rings is 2. The second-order valence-corrected chi connectivity index (χ2v) is 5.13. The Bertz CT molecular complexity index is 578. The topological polar surface area (TPSA) is 15.3 Å². The third-order valence-electron chi connectivity index (χ3n) is 3.55. The molecule has 0 spiro atoms. The van der Waals surface area contributed by atoms with Crippen LogP contribution in [0.15, 0.2) is 42.5 Å².